The van der Waals surface area contributed by atoms with Gasteiger partial charge in [0.2, 0.25) is 20.0 Å². The van der Waals surface area contributed by atoms with Crippen LogP contribution in [0.3, 0.4) is 0 Å². The van der Waals surface area contributed by atoms with E-state index < -0.39 is 20.0 Å². The second-order valence-corrected chi connectivity index (χ2v) is 13.9. The van der Waals surface area contributed by atoms with Crippen LogP contribution >= 0.6 is 0 Å². The molecule has 188 valence electrons. The molecule has 0 radical (unpaired) electrons. The Bertz CT molecular complexity index is 953. The highest BCUT2D eigenvalue weighted by molar-refractivity contribution is 7.90. The first-order valence-electron chi connectivity index (χ1n) is 12.1. The second kappa shape index (κ2) is 10.3. The molecular weight excluding hydrogens is 466 g/mol. The molecule has 0 aromatic rings. The van der Waals surface area contributed by atoms with Gasteiger partial charge in [0.05, 0.1) is 29.6 Å². The van der Waals surface area contributed by atoms with Gasteiger partial charge in [-0.15, -0.1) is 0 Å². The Labute approximate surface area is 198 Å². The fourth-order valence-electron chi connectivity index (χ4n) is 4.86. The summed E-state index contributed by atoms with van der Waals surface area (Å²) < 4.78 is 65.3. The van der Waals surface area contributed by atoms with Crippen LogP contribution in [-0.4, -0.2) is 76.0 Å². The quantitative estimate of drug-likeness (QED) is 0.533. The largest absolute Gasteiger partial charge is 0.477 e. The minimum absolute atomic E-state index is 0.00135. The minimum Gasteiger partial charge on any atom is -0.477 e. The average Bonchev–Trinajstić information content (AvgIpc) is 3.60. The van der Waals surface area contributed by atoms with Gasteiger partial charge < -0.3 is 9.47 Å². The Kier molecular flexibility index (Phi) is 7.84. The van der Waals surface area contributed by atoms with Gasteiger partial charge in [-0.05, 0) is 51.0 Å². The molecule has 4 atom stereocenters. The van der Waals surface area contributed by atoms with Gasteiger partial charge in [-0.25, -0.2) is 30.9 Å². The van der Waals surface area contributed by atoms with Crippen molar-refractivity contribution in [1.82, 2.24) is 9.03 Å². The number of sulfonamides is 2. The van der Waals surface area contributed by atoms with Crippen molar-refractivity contribution in [2.45, 2.75) is 94.3 Å². The lowest BCUT2D eigenvalue weighted by molar-refractivity contribution is -0.0287. The van der Waals surface area contributed by atoms with Crippen LogP contribution in [-0.2, 0) is 29.5 Å². The Hall–Kier alpha value is -1.01. The van der Waals surface area contributed by atoms with Crippen molar-refractivity contribution in [2.24, 2.45) is 10.9 Å². The minimum atomic E-state index is -3.22. The third-order valence-electron chi connectivity index (χ3n) is 7.04. The van der Waals surface area contributed by atoms with Crippen molar-refractivity contribution < 1.29 is 26.3 Å². The van der Waals surface area contributed by atoms with Crippen molar-refractivity contribution in [2.75, 3.05) is 19.3 Å². The average molecular weight is 504 g/mol. The first-order chi connectivity index (χ1) is 15.6. The first-order valence-corrected chi connectivity index (χ1v) is 15.5. The lowest BCUT2D eigenvalue weighted by Gasteiger charge is -2.35. The maximum Gasteiger partial charge on any atom is 0.214 e. The lowest BCUT2D eigenvalue weighted by Crippen LogP contribution is -2.43. The molecule has 2 aliphatic carbocycles. The molecule has 2 saturated carbocycles. The van der Waals surface area contributed by atoms with Crippen LogP contribution in [0.1, 0.15) is 64.7 Å². The monoisotopic (exact) mass is 503 g/mol. The third-order valence-corrected chi connectivity index (χ3v) is 10.4. The molecule has 0 amide bonds. The van der Waals surface area contributed by atoms with Gasteiger partial charge in [-0.2, -0.15) is 0 Å². The van der Waals surface area contributed by atoms with Crippen LogP contribution in [0.15, 0.2) is 17.3 Å². The molecular formula is C22H37N3O6S2. The van der Waals surface area contributed by atoms with E-state index in [1.807, 2.05) is 13.0 Å². The Morgan fingerprint density at radius 1 is 1.00 bits per heavy atom. The zero-order chi connectivity index (χ0) is 23.6. The number of aliphatic imine (C=N–C) groups is 1. The maximum absolute atomic E-state index is 12.4. The summed E-state index contributed by atoms with van der Waals surface area (Å²) in [6.07, 6.45) is 11.9. The zero-order valence-electron chi connectivity index (χ0n) is 19.6. The summed E-state index contributed by atoms with van der Waals surface area (Å²) >= 11 is 0. The van der Waals surface area contributed by atoms with Crippen LogP contribution in [0, 0.1) is 5.92 Å². The molecule has 0 aromatic heterocycles. The zero-order valence-corrected chi connectivity index (χ0v) is 21.2. The van der Waals surface area contributed by atoms with E-state index >= 15 is 0 Å². The summed E-state index contributed by atoms with van der Waals surface area (Å²) in [5, 5.41) is -0.213. The van der Waals surface area contributed by atoms with Crippen molar-refractivity contribution >= 4 is 25.9 Å². The van der Waals surface area contributed by atoms with E-state index in [1.54, 1.807) is 6.20 Å². The van der Waals surface area contributed by atoms with E-state index in [0.717, 1.165) is 38.5 Å². The van der Waals surface area contributed by atoms with Crippen LogP contribution in [0.2, 0.25) is 0 Å². The van der Waals surface area contributed by atoms with Gasteiger partial charge in [0.1, 0.15) is 6.10 Å². The number of hydrogen-bond acceptors (Lipinski definition) is 7. The summed E-state index contributed by atoms with van der Waals surface area (Å²) in [6.45, 7) is 2.99. The smallest absolute Gasteiger partial charge is 0.214 e. The highest BCUT2D eigenvalue weighted by Crippen LogP contribution is 2.30. The Morgan fingerprint density at radius 2 is 1.70 bits per heavy atom. The molecule has 11 heteroatoms. The van der Waals surface area contributed by atoms with E-state index in [-0.39, 0.29) is 35.5 Å². The number of nitrogens with one attached hydrogen (secondary N) is 1. The predicted molar refractivity (Wildman–Crippen MR) is 127 cm³/mol. The number of nitrogens with zero attached hydrogens (tertiary/aromatic N) is 2. The topological polar surface area (TPSA) is 114 Å². The summed E-state index contributed by atoms with van der Waals surface area (Å²) in [5.74, 6) is 0.569. The molecule has 3 fully saturated rings. The number of ether oxygens (including phenoxy) is 2. The Morgan fingerprint density at radius 3 is 2.36 bits per heavy atom. The molecule has 9 nitrogen and oxygen atoms in total. The van der Waals surface area contributed by atoms with Crippen LogP contribution in [0.4, 0.5) is 0 Å². The van der Waals surface area contributed by atoms with Gasteiger partial charge in [0, 0.05) is 31.8 Å². The fourth-order valence-corrected chi connectivity index (χ4v) is 7.36. The summed E-state index contributed by atoms with van der Waals surface area (Å²) in [6, 6.07) is -0.0924. The molecule has 1 saturated heterocycles. The van der Waals surface area contributed by atoms with Crippen LogP contribution in [0.25, 0.3) is 0 Å². The molecule has 4 rings (SSSR count). The highest BCUT2D eigenvalue weighted by atomic mass is 32.2. The molecule has 4 aliphatic rings. The Balaban J connectivity index is 1.30. The first kappa shape index (κ1) is 25.1. The van der Waals surface area contributed by atoms with Crippen LogP contribution in [0.5, 0.6) is 0 Å². The van der Waals surface area contributed by atoms with E-state index in [9.17, 15) is 16.8 Å². The van der Waals surface area contributed by atoms with Gasteiger partial charge in [-0.3, -0.25) is 0 Å². The number of hydrogen-bond donors (Lipinski definition) is 1. The summed E-state index contributed by atoms with van der Waals surface area (Å²) in [5.41, 5.74) is 0. The van der Waals surface area contributed by atoms with E-state index in [1.165, 1.54) is 10.6 Å². The number of piperidine rings is 1. The normalized spacial score (nSPS) is 32.8. The van der Waals surface area contributed by atoms with E-state index in [2.05, 4.69) is 9.71 Å². The lowest BCUT2D eigenvalue weighted by atomic mass is 10.0. The van der Waals surface area contributed by atoms with Crippen molar-refractivity contribution in [1.29, 1.82) is 0 Å². The van der Waals surface area contributed by atoms with E-state index in [4.69, 9.17) is 9.47 Å². The molecule has 0 bridgehead atoms. The predicted octanol–water partition coefficient (Wildman–Crippen LogP) is 2.16. The fraction of sp³-hybridized carbons (Fsp3) is 0.864. The van der Waals surface area contributed by atoms with Gasteiger partial charge in [0.25, 0.3) is 0 Å². The SMILES string of the molecule is CC1C(OC2CCCCC(NS(=O)(=O)C3CC3)C2)=NC=CC1OC1CCN(S(C)(=O)=O)CC1. The van der Waals surface area contributed by atoms with Crippen molar-refractivity contribution in [3.63, 3.8) is 0 Å². The van der Waals surface area contributed by atoms with E-state index in [0.29, 0.717) is 38.2 Å². The molecule has 4 unspecified atom stereocenters. The summed E-state index contributed by atoms with van der Waals surface area (Å²) in [4.78, 5) is 4.47. The van der Waals surface area contributed by atoms with Crippen LogP contribution < -0.4 is 4.72 Å². The summed E-state index contributed by atoms with van der Waals surface area (Å²) in [7, 11) is -6.37. The molecule has 2 heterocycles. The second-order valence-electron chi connectivity index (χ2n) is 9.88. The molecule has 1 N–H and O–H groups in total. The highest BCUT2D eigenvalue weighted by Gasteiger charge is 2.38. The molecule has 0 aromatic carbocycles. The van der Waals surface area contributed by atoms with Gasteiger partial charge >= 0.3 is 0 Å². The maximum atomic E-state index is 12.4. The molecule has 2 aliphatic heterocycles. The van der Waals surface area contributed by atoms with Gasteiger partial charge in [0.15, 0.2) is 5.90 Å². The standard InChI is InChI=1S/C22H37N3O6S2/c1-16-21(30-18-10-13-25(14-11-18)32(2,26)27)9-12-23-22(16)31-19-6-4-3-5-17(15-19)24-33(28,29)20-7-8-20/h9,12,16-21,24H,3-8,10-11,13-15H2,1-2H3. The third kappa shape index (κ3) is 6.78. The van der Waals surface area contributed by atoms with Gasteiger partial charge in [-0.1, -0.05) is 13.3 Å². The van der Waals surface area contributed by atoms with Crippen molar-refractivity contribution in [3.05, 3.63) is 12.3 Å². The van der Waals surface area contributed by atoms with Crippen molar-refractivity contribution in [3.8, 4) is 0 Å². The molecule has 0 spiro atoms. The number of rotatable bonds is 7. The molecule has 33 heavy (non-hydrogen) atoms.